The first kappa shape index (κ1) is 13.7. The van der Waals surface area contributed by atoms with Crippen molar-refractivity contribution in [3.8, 4) is 0 Å². The molecule has 1 unspecified atom stereocenters. The van der Waals surface area contributed by atoms with Crippen LogP contribution in [-0.2, 0) is 11.2 Å². The topological polar surface area (TPSA) is 49.3 Å². The minimum Gasteiger partial charge on any atom is -0.396 e. The maximum atomic E-state index is 11.8. The predicted octanol–water partition coefficient (Wildman–Crippen LogP) is 1.73. The summed E-state index contributed by atoms with van der Waals surface area (Å²) in [5, 5.41) is 11.6. The molecule has 1 aromatic carbocycles. The zero-order valence-electron chi connectivity index (χ0n) is 10.8. The second kappa shape index (κ2) is 6.40. The van der Waals surface area contributed by atoms with Crippen LogP contribution in [0.25, 0.3) is 0 Å². The molecule has 1 atom stereocenters. The Kier molecular flexibility index (Phi) is 5.16. The molecule has 0 radical (unpaired) electrons. The molecule has 0 heterocycles. The van der Waals surface area contributed by atoms with Crippen molar-refractivity contribution < 1.29 is 9.90 Å². The summed E-state index contributed by atoms with van der Waals surface area (Å²) in [6.45, 7) is 6.04. The number of rotatable bonds is 5. The number of aliphatic hydroxyl groups is 1. The van der Waals surface area contributed by atoms with Gasteiger partial charge in [0.2, 0.25) is 5.91 Å². The van der Waals surface area contributed by atoms with Gasteiger partial charge in [0.1, 0.15) is 0 Å². The Balaban J connectivity index is 2.58. The Bertz CT molecular complexity index is 388. The highest BCUT2D eigenvalue weighted by Crippen LogP contribution is 2.11. The molecule has 1 aromatic rings. The van der Waals surface area contributed by atoms with Gasteiger partial charge in [-0.2, -0.15) is 0 Å². The van der Waals surface area contributed by atoms with Gasteiger partial charge in [-0.25, -0.2) is 0 Å². The monoisotopic (exact) mass is 235 g/mol. The van der Waals surface area contributed by atoms with Crippen LogP contribution in [0, 0.1) is 13.8 Å². The van der Waals surface area contributed by atoms with Crippen molar-refractivity contribution in [2.75, 3.05) is 6.61 Å². The summed E-state index contributed by atoms with van der Waals surface area (Å²) >= 11 is 0. The second-order valence-electron chi connectivity index (χ2n) is 4.59. The first-order valence-electron chi connectivity index (χ1n) is 5.99. The molecule has 0 bridgehead atoms. The van der Waals surface area contributed by atoms with E-state index in [1.54, 1.807) is 0 Å². The van der Waals surface area contributed by atoms with Crippen LogP contribution < -0.4 is 5.32 Å². The lowest BCUT2D eigenvalue weighted by atomic mass is 10.0. The van der Waals surface area contributed by atoms with E-state index in [1.165, 1.54) is 5.56 Å². The molecule has 3 heteroatoms. The van der Waals surface area contributed by atoms with Gasteiger partial charge in [-0.1, -0.05) is 23.8 Å². The van der Waals surface area contributed by atoms with Gasteiger partial charge in [0, 0.05) is 12.6 Å². The molecule has 0 aliphatic carbocycles. The van der Waals surface area contributed by atoms with Crippen molar-refractivity contribution in [1.29, 1.82) is 0 Å². The van der Waals surface area contributed by atoms with E-state index < -0.39 is 0 Å². The highest BCUT2D eigenvalue weighted by atomic mass is 16.3. The zero-order chi connectivity index (χ0) is 12.8. The van der Waals surface area contributed by atoms with E-state index in [-0.39, 0.29) is 18.6 Å². The molecule has 17 heavy (non-hydrogen) atoms. The van der Waals surface area contributed by atoms with Crippen molar-refractivity contribution in [3.05, 3.63) is 34.9 Å². The summed E-state index contributed by atoms with van der Waals surface area (Å²) in [5.41, 5.74) is 3.38. The summed E-state index contributed by atoms with van der Waals surface area (Å²) < 4.78 is 0. The number of benzene rings is 1. The summed E-state index contributed by atoms with van der Waals surface area (Å²) in [6.07, 6.45) is 1.00. The number of carbonyl (C=O) groups excluding carboxylic acids is 1. The first-order chi connectivity index (χ1) is 8.02. The third kappa shape index (κ3) is 4.57. The average molecular weight is 235 g/mol. The highest BCUT2D eigenvalue weighted by molar-refractivity contribution is 5.79. The lowest BCUT2D eigenvalue weighted by Gasteiger charge is -2.13. The number of nitrogens with one attached hydrogen (secondary N) is 1. The summed E-state index contributed by atoms with van der Waals surface area (Å²) in [5.74, 6) is 0.0136. The van der Waals surface area contributed by atoms with E-state index in [1.807, 2.05) is 39.0 Å². The fourth-order valence-corrected chi connectivity index (χ4v) is 1.76. The molecule has 0 spiro atoms. The van der Waals surface area contributed by atoms with Crippen molar-refractivity contribution in [1.82, 2.24) is 5.32 Å². The second-order valence-corrected chi connectivity index (χ2v) is 4.59. The predicted molar refractivity (Wildman–Crippen MR) is 68.9 cm³/mol. The molecule has 1 rings (SSSR count). The number of hydrogen-bond acceptors (Lipinski definition) is 2. The molecule has 0 aromatic heterocycles. The Morgan fingerprint density at radius 3 is 2.76 bits per heavy atom. The lowest BCUT2D eigenvalue weighted by molar-refractivity contribution is -0.121. The van der Waals surface area contributed by atoms with E-state index in [9.17, 15) is 4.79 Å². The fraction of sp³-hybridized carbons (Fsp3) is 0.500. The third-order valence-corrected chi connectivity index (χ3v) is 2.83. The van der Waals surface area contributed by atoms with Crippen LogP contribution in [0.15, 0.2) is 18.2 Å². The molecular weight excluding hydrogens is 214 g/mol. The van der Waals surface area contributed by atoms with Gasteiger partial charge in [-0.15, -0.1) is 0 Å². The Morgan fingerprint density at radius 2 is 2.12 bits per heavy atom. The molecule has 0 aliphatic rings. The Hall–Kier alpha value is -1.35. The van der Waals surface area contributed by atoms with Crippen LogP contribution >= 0.6 is 0 Å². The molecule has 2 N–H and O–H groups in total. The van der Waals surface area contributed by atoms with Gasteiger partial charge in [0.15, 0.2) is 0 Å². The molecule has 0 saturated carbocycles. The van der Waals surface area contributed by atoms with Gasteiger partial charge in [0.05, 0.1) is 6.42 Å². The fourth-order valence-electron chi connectivity index (χ4n) is 1.76. The molecule has 3 nitrogen and oxygen atoms in total. The standard InChI is InChI=1S/C14H21NO2/c1-10-4-5-11(2)13(8-10)9-14(17)15-12(3)6-7-16/h4-5,8,12,16H,6-7,9H2,1-3H3,(H,15,17). The van der Waals surface area contributed by atoms with Gasteiger partial charge in [0.25, 0.3) is 0 Å². The smallest absolute Gasteiger partial charge is 0.224 e. The van der Waals surface area contributed by atoms with Crippen LogP contribution in [-0.4, -0.2) is 23.7 Å². The van der Waals surface area contributed by atoms with E-state index in [2.05, 4.69) is 5.32 Å². The van der Waals surface area contributed by atoms with Gasteiger partial charge < -0.3 is 10.4 Å². The van der Waals surface area contributed by atoms with Crippen LogP contribution in [0.1, 0.15) is 30.0 Å². The Labute approximate surface area is 103 Å². The van der Waals surface area contributed by atoms with Crippen molar-refractivity contribution >= 4 is 5.91 Å². The number of aryl methyl sites for hydroxylation is 2. The van der Waals surface area contributed by atoms with Crippen LogP contribution in [0.4, 0.5) is 0 Å². The molecule has 0 fully saturated rings. The van der Waals surface area contributed by atoms with E-state index in [0.717, 1.165) is 11.1 Å². The third-order valence-electron chi connectivity index (χ3n) is 2.83. The van der Waals surface area contributed by atoms with Crippen LogP contribution in [0.2, 0.25) is 0 Å². The van der Waals surface area contributed by atoms with Crippen molar-refractivity contribution in [2.24, 2.45) is 0 Å². The van der Waals surface area contributed by atoms with Crippen LogP contribution in [0.5, 0.6) is 0 Å². The zero-order valence-corrected chi connectivity index (χ0v) is 10.8. The van der Waals surface area contributed by atoms with Crippen molar-refractivity contribution in [2.45, 2.75) is 39.7 Å². The molecule has 94 valence electrons. The number of aliphatic hydroxyl groups excluding tert-OH is 1. The van der Waals surface area contributed by atoms with Crippen LogP contribution in [0.3, 0.4) is 0 Å². The molecule has 0 aliphatic heterocycles. The number of carbonyl (C=O) groups is 1. The molecule has 0 saturated heterocycles. The lowest BCUT2D eigenvalue weighted by Crippen LogP contribution is -2.34. The minimum absolute atomic E-state index is 0.0136. The van der Waals surface area contributed by atoms with Gasteiger partial charge in [-0.3, -0.25) is 4.79 Å². The summed E-state index contributed by atoms with van der Waals surface area (Å²) in [7, 11) is 0. The summed E-state index contributed by atoms with van der Waals surface area (Å²) in [4.78, 5) is 11.8. The maximum absolute atomic E-state index is 11.8. The average Bonchev–Trinajstić information content (AvgIpc) is 2.23. The molecular formula is C14H21NO2. The van der Waals surface area contributed by atoms with Gasteiger partial charge in [-0.05, 0) is 38.3 Å². The van der Waals surface area contributed by atoms with E-state index in [4.69, 9.17) is 5.11 Å². The first-order valence-corrected chi connectivity index (χ1v) is 5.99. The maximum Gasteiger partial charge on any atom is 0.224 e. The van der Waals surface area contributed by atoms with Gasteiger partial charge >= 0.3 is 0 Å². The SMILES string of the molecule is Cc1ccc(C)c(CC(=O)NC(C)CCO)c1. The number of amides is 1. The molecule has 1 amide bonds. The largest absolute Gasteiger partial charge is 0.396 e. The quantitative estimate of drug-likeness (QED) is 0.816. The minimum atomic E-state index is 0.0136. The highest BCUT2D eigenvalue weighted by Gasteiger charge is 2.09. The van der Waals surface area contributed by atoms with E-state index >= 15 is 0 Å². The van der Waals surface area contributed by atoms with Crippen molar-refractivity contribution in [3.63, 3.8) is 0 Å². The normalized spacial score (nSPS) is 12.2. The Morgan fingerprint density at radius 1 is 1.41 bits per heavy atom. The van der Waals surface area contributed by atoms with E-state index in [0.29, 0.717) is 12.8 Å². The summed E-state index contributed by atoms with van der Waals surface area (Å²) in [6, 6.07) is 6.16. The number of hydrogen-bond donors (Lipinski definition) is 2.